The monoisotopic (exact) mass is 427 g/mol. The van der Waals surface area contributed by atoms with Crippen molar-refractivity contribution in [2.24, 2.45) is 0 Å². The summed E-state index contributed by atoms with van der Waals surface area (Å²) in [5.74, 6) is 0.871. The highest BCUT2D eigenvalue weighted by Gasteiger charge is 2.22. The van der Waals surface area contributed by atoms with E-state index in [4.69, 9.17) is 16.3 Å². The van der Waals surface area contributed by atoms with Gasteiger partial charge in [0, 0.05) is 49.4 Å². The molecule has 0 bridgehead atoms. The fourth-order valence-corrected chi connectivity index (χ4v) is 4.13. The molecule has 0 unspecified atom stereocenters. The number of anilines is 1. The van der Waals surface area contributed by atoms with Gasteiger partial charge in [0.15, 0.2) is 0 Å². The van der Waals surface area contributed by atoms with Gasteiger partial charge in [-0.15, -0.1) is 0 Å². The van der Waals surface area contributed by atoms with E-state index in [1.165, 1.54) is 22.8 Å². The Morgan fingerprint density at radius 1 is 1.10 bits per heavy atom. The second-order valence-corrected chi connectivity index (χ2v) is 7.92. The number of hydrogen-bond donors (Lipinski definition) is 0. The molecule has 1 aliphatic rings. The Kier molecular flexibility index (Phi) is 5.77. The molecule has 0 radical (unpaired) electrons. The van der Waals surface area contributed by atoms with Crippen molar-refractivity contribution < 1.29 is 9.13 Å². The van der Waals surface area contributed by atoms with Crippen LogP contribution in [0, 0.1) is 19.7 Å². The molecule has 1 aliphatic heterocycles. The van der Waals surface area contributed by atoms with E-state index >= 15 is 0 Å². The summed E-state index contributed by atoms with van der Waals surface area (Å²) in [5, 5.41) is 0.501. The summed E-state index contributed by atoms with van der Waals surface area (Å²) >= 11 is 6.54. The van der Waals surface area contributed by atoms with Crippen LogP contribution >= 0.6 is 11.6 Å². The Morgan fingerprint density at radius 3 is 2.53 bits per heavy atom. The molecule has 1 aromatic heterocycles. The first kappa shape index (κ1) is 20.4. The van der Waals surface area contributed by atoms with Crippen molar-refractivity contribution in [2.45, 2.75) is 32.8 Å². The molecule has 0 aliphatic carbocycles. The van der Waals surface area contributed by atoms with E-state index in [1.54, 1.807) is 26.0 Å². The number of halogens is 2. The first-order valence-electron chi connectivity index (χ1n) is 9.95. The molecule has 2 heterocycles. The van der Waals surface area contributed by atoms with Crippen LogP contribution in [0.1, 0.15) is 24.4 Å². The summed E-state index contributed by atoms with van der Waals surface area (Å²) in [6, 6.07) is 13.5. The van der Waals surface area contributed by atoms with Crippen LogP contribution in [0.4, 0.5) is 10.1 Å². The van der Waals surface area contributed by atoms with E-state index in [-0.39, 0.29) is 17.5 Å². The number of rotatable bonds is 4. The van der Waals surface area contributed by atoms with Crippen molar-refractivity contribution in [1.29, 1.82) is 0 Å². The Morgan fingerprint density at radius 2 is 1.87 bits per heavy atom. The first-order chi connectivity index (χ1) is 14.4. The van der Waals surface area contributed by atoms with Crippen LogP contribution < -0.4 is 15.2 Å². The van der Waals surface area contributed by atoms with Crippen LogP contribution in [0.3, 0.4) is 0 Å². The van der Waals surface area contributed by atoms with Gasteiger partial charge in [0.1, 0.15) is 23.5 Å². The van der Waals surface area contributed by atoms with E-state index in [0.717, 1.165) is 31.6 Å². The Balaban J connectivity index is 1.46. The average molecular weight is 428 g/mol. The molecular weight excluding hydrogens is 405 g/mol. The molecule has 4 rings (SSSR count). The number of benzene rings is 2. The van der Waals surface area contributed by atoms with Crippen molar-refractivity contribution in [2.75, 3.05) is 18.0 Å². The van der Waals surface area contributed by atoms with Crippen LogP contribution in [0.2, 0.25) is 5.02 Å². The largest absolute Gasteiger partial charge is 0.490 e. The fraction of sp³-hybridized carbons (Fsp3) is 0.304. The lowest BCUT2D eigenvalue weighted by atomic mass is 10.1. The Bertz CT molecular complexity index is 1120. The molecule has 156 valence electrons. The summed E-state index contributed by atoms with van der Waals surface area (Å²) in [6.07, 6.45) is 1.71. The molecule has 0 atom stereocenters. The molecule has 7 heteroatoms. The maximum Gasteiger partial charge on any atom is 0.258 e. The standard InChI is InChI=1S/C23H23ClFN3O2/c1-15-12-23(29)28(16(2)26-15)22-7-6-18(14-21(22)24)27-10-8-19(9-11-27)30-20-5-3-4-17(25)13-20/h3-7,12-14,19H,8-11H2,1-2H3. The van der Waals surface area contributed by atoms with E-state index in [9.17, 15) is 9.18 Å². The van der Waals surface area contributed by atoms with Gasteiger partial charge in [-0.25, -0.2) is 9.37 Å². The normalized spacial score (nSPS) is 14.7. The van der Waals surface area contributed by atoms with Crippen molar-refractivity contribution >= 4 is 17.3 Å². The first-order valence-corrected chi connectivity index (χ1v) is 10.3. The lowest BCUT2D eigenvalue weighted by Gasteiger charge is -2.34. The third-order valence-electron chi connectivity index (χ3n) is 5.29. The SMILES string of the molecule is Cc1cc(=O)n(-c2ccc(N3CCC(Oc4cccc(F)c4)CC3)cc2Cl)c(C)n1. The number of aryl methyl sites for hydroxylation is 2. The molecule has 5 nitrogen and oxygen atoms in total. The Hall–Kier alpha value is -2.86. The molecule has 0 N–H and O–H groups in total. The average Bonchev–Trinajstić information content (AvgIpc) is 2.69. The van der Waals surface area contributed by atoms with Crippen LogP contribution in [0.15, 0.2) is 53.3 Å². The predicted molar refractivity (Wildman–Crippen MR) is 117 cm³/mol. The highest BCUT2D eigenvalue weighted by Crippen LogP contribution is 2.29. The van der Waals surface area contributed by atoms with Crippen molar-refractivity contribution in [3.05, 3.63) is 81.2 Å². The second-order valence-electron chi connectivity index (χ2n) is 7.52. The minimum Gasteiger partial charge on any atom is -0.490 e. The topological polar surface area (TPSA) is 47.4 Å². The number of piperidine rings is 1. The van der Waals surface area contributed by atoms with Gasteiger partial charge >= 0.3 is 0 Å². The van der Waals surface area contributed by atoms with Crippen LogP contribution in [0.25, 0.3) is 5.69 Å². The molecule has 30 heavy (non-hydrogen) atoms. The fourth-order valence-electron chi connectivity index (χ4n) is 3.87. The van der Waals surface area contributed by atoms with Crippen molar-refractivity contribution in [3.8, 4) is 11.4 Å². The van der Waals surface area contributed by atoms with Gasteiger partial charge < -0.3 is 9.64 Å². The zero-order chi connectivity index (χ0) is 21.3. The molecule has 0 amide bonds. The molecule has 1 saturated heterocycles. The molecular formula is C23H23ClFN3O2. The van der Waals surface area contributed by atoms with E-state index < -0.39 is 0 Å². The molecule has 0 spiro atoms. The van der Waals surface area contributed by atoms with Crippen LogP contribution in [-0.4, -0.2) is 28.7 Å². The summed E-state index contributed by atoms with van der Waals surface area (Å²) in [4.78, 5) is 19.0. The van der Waals surface area contributed by atoms with Crippen molar-refractivity contribution in [1.82, 2.24) is 9.55 Å². The number of nitrogens with zero attached hydrogens (tertiary/aromatic N) is 3. The van der Waals surface area contributed by atoms with Gasteiger partial charge in [0.05, 0.1) is 10.7 Å². The summed E-state index contributed by atoms with van der Waals surface area (Å²) < 4.78 is 20.8. The second kappa shape index (κ2) is 8.48. The number of ether oxygens (including phenoxy) is 1. The van der Waals surface area contributed by atoms with Gasteiger partial charge in [0.2, 0.25) is 0 Å². The van der Waals surface area contributed by atoms with Crippen LogP contribution in [-0.2, 0) is 0 Å². The van der Waals surface area contributed by atoms with Gasteiger partial charge in [-0.3, -0.25) is 9.36 Å². The van der Waals surface area contributed by atoms with Crippen molar-refractivity contribution in [3.63, 3.8) is 0 Å². The smallest absolute Gasteiger partial charge is 0.258 e. The summed E-state index contributed by atoms with van der Waals surface area (Å²) in [6.45, 7) is 5.20. The molecule has 1 fully saturated rings. The number of hydrogen-bond acceptors (Lipinski definition) is 4. The summed E-state index contributed by atoms with van der Waals surface area (Å²) in [7, 11) is 0. The third kappa shape index (κ3) is 4.33. The van der Waals surface area contributed by atoms with E-state index in [1.807, 2.05) is 18.2 Å². The zero-order valence-corrected chi connectivity index (χ0v) is 17.7. The van der Waals surface area contributed by atoms with Crippen LogP contribution in [0.5, 0.6) is 5.75 Å². The molecule has 0 saturated carbocycles. The zero-order valence-electron chi connectivity index (χ0n) is 16.9. The quantitative estimate of drug-likeness (QED) is 0.606. The van der Waals surface area contributed by atoms with E-state index in [0.29, 0.717) is 28.0 Å². The number of aromatic nitrogens is 2. The summed E-state index contributed by atoms with van der Waals surface area (Å²) in [5.41, 5.74) is 2.16. The van der Waals surface area contributed by atoms with Gasteiger partial charge in [-0.1, -0.05) is 17.7 Å². The van der Waals surface area contributed by atoms with E-state index in [2.05, 4.69) is 9.88 Å². The van der Waals surface area contributed by atoms with Gasteiger partial charge in [0.25, 0.3) is 5.56 Å². The Labute approximate surface area is 179 Å². The van der Waals surface area contributed by atoms with Gasteiger partial charge in [-0.05, 0) is 44.2 Å². The third-order valence-corrected chi connectivity index (χ3v) is 5.60. The van der Waals surface area contributed by atoms with Gasteiger partial charge in [-0.2, -0.15) is 0 Å². The minimum atomic E-state index is -0.294. The minimum absolute atomic E-state index is 0.0534. The highest BCUT2D eigenvalue weighted by atomic mass is 35.5. The maximum absolute atomic E-state index is 13.3. The molecule has 2 aromatic carbocycles. The highest BCUT2D eigenvalue weighted by molar-refractivity contribution is 6.32. The lowest BCUT2D eigenvalue weighted by Crippen LogP contribution is -2.38. The maximum atomic E-state index is 13.3. The lowest BCUT2D eigenvalue weighted by molar-refractivity contribution is 0.170. The molecule has 3 aromatic rings. The predicted octanol–water partition coefficient (Wildman–Crippen LogP) is 4.69.